The second-order valence-electron chi connectivity index (χ2n) is 4.94. The van der Waals surface area contributed by atoms with Crippen molar-refractivity contribution in [1.29, 1.82) is 0 Å². The molecule has 1 aromatic rings. The molecule has 1 amide bonds. The van der Waals surface area contributed by atoms with Crippen LogP contribution in [0.3, 0.4) is 0 Å². The Bertz CT molecular complexity index is 501. The van der Waals surface area contributed by atoms with Gasteiger partial charge in [0.25, 0.3) is 0 Å². The van der Waals surface area contributed by atoms with E-state index in [4.69, 9.17) is 5.11 Å². The molecule has 0 aromatic heterocycles. The maximum Gasteiger partial charge on any atom is 0.307 e. The Kier molecular flexibility index (Phi) is 4.14. The lowest BCUT2D eigenvalue weighted by Gasteiger charge is -2.12. The number of benzene rings is 1. The topological polar surface area (TPSA) is 66.4 Å². The molecule has 0 spiro atoms. The van der Waals surface area contributed by atoms with Crippen molar-refractivity contribution in [2.75, 3.05) is 5.32 Å². The molecule has 5 heteroatoms. The van der Waals surface area contributed by atoms with Crippen LogP contribution in [-0.4, -0.2) is 22.2 Å². The van der Waals surface area contributed by atoms with E-state index in [1.165, 1.54) is 0 Å². The second-order valence-corrected chi connectivity index (χ2v) is 6.56. The van der Waals surface area contributed by atoms with Gasteiger partial charge in [0.2, 0.25) is 5.91 Å². The Labute approximate surface area is 116 Å². The number of nitrogens with one attached hydrogen (secondary N) is 1. The average molecular weight is 279 g/mol. The summed E-state index contributed by atoms with van der Waals surface area (Å²) in [6.07, 6.45) is 0.445. The highest BCUT2D eigenvalue weighted by Gasteiger charge is 2.48. The Morgan fingerprint density at radius 2 is 2.00 bits per heavy atom. The minimum absolute atomic E-state index is 0.191. The first-order valence-corrected chi connectivity index (χ1v) is 7.16. The van der Waals surface area contributed by atoms with Crippen LogP contribution in [0.1, 0.15) is 20.3 Å². The number of amides is 1. The number of carbonyl (C=O) groups is 2. The number of hydrogen-bond acceptors (Lipinski definition) is 3. The number of carboxylic acid groups (broad SMARTS) is 1. The molecule has 1 fully saturated rings. The van der Waals surface area contributed by atoms with Gasteiger partial charge >= 0.3 is 5.97 Å². The van der Waals surface area contributed by atoms with Gasteiger partial charge in [-0.15, -0.1) is 11.8 Å². The monoisotopic (exact) mass is 279 g/mol. The fourth-order valence-electron chi connectivity index (χ4n) is 1.91. The highest BCUT2D eigenvalue weighted by molar-refractivity contribution is 8.00. The molecular weight excluding hydrogens is 262 g/mol. The predicted molar refractivity (Wildman–Crippen MR) is 75.3 cm³/mol. The number of aliphatic carboxylic acids is 1. The predicted octanol–water partition coefficient (Wildman–Crippen LogP) is 2.85. The van der Waals surface area contributed by atoms with Gasteiger partial charge in [-0.3, -0.25) is 9.59 Å². The van der Waals surface area contributed by atoms with Crippen LogP contribution < -0.4 is 5.32 Å². The number of para-hydroxylation sites is 1. The minimum atomic E-state index is -0.884. The molecule has 1 saturated carbocycles. The highest BCUT2D eigenvalue weighted by Crippen LogP contribution is 2.40. The molecule has 102 valence electrons. The number of rotatable bonds is 5. The van der Waals surface area contributed by atoms with E-state index in [2.05, 4.69) is 19.2 Å². The van der Waals surface area contributed by atoms with Gasteiger partial charge in [0.1, 0.15) is 0 Å². The molecule has 2 rings (SSSR count). The quantitative estimate of drug-likeness (QED) is 0.813. The van der Waals surface area contributed by atoms with E-state index in [9.17, 15) is 9.59 Å². The molecule has 2 N–H and O–H groups in total. The van der Waals surface area contributed by atoms with Gasteiger partial charge in [0.15, 0.2) is 0 Å². The van der Waals surface area contributed by atoms with E-state index < -0.39 is 11.9 Å². The number of carbonyl (C=O) groups excluding carboxylic acids is 1. The van der Waals surface area contributed by atoms with Gasteiger partial charge < -0.3 is 10.4 Å². The molecule has 0 aliphatic heterocycles. The third kappa shape index (κ3) is 3.50. The zero-order valence-electron chi connectivity index (χ0n) is 10.9. The van der Waals surface area contributed by atoms with Crippen molar-refractivity contribution >= 4 is 29.3 Å². The number of anilines is 1. The van der Waals surface area contributed by atoms with Crippen LogP contribution in [0.2, 0.25) is 0 Å². The van der Waals surface area contributed by atoms with Crippen molar-refractivity contribution in [3.63, 3.8) is 0 Å². The summed E-state index contributed by atoms with van der Waals surface area (Å²) < 4.78 is 0. The third-order valence-electron chi connectivity index (χ3n) is 2.95. The van der Waals surface area contributed by atoms with Crippen LogP contribution in [-0.2, 0) is 9.59 Å². The van der Waals surface area contributed by atoms with Crippen molar-refractivity contribution in [2.24, 2.45) is 11.8 Å². The van der Waals surface area contributed by atoms with Crippen molar-refractivity contribution in [2.45, 2.75) is 30.4 Å². The molecule has 0 bridgehead atoms. The van der Waals surface area contributed by atoms with E-state index >= 15 is 0 Å². The largest absolute Gasteiger partial charge is 0.481 e. The summed E-state index contributed by atoms with van der Waals surface area (Å²) in [4.78, 5) is 23.7. The smallest absolute Gasteiger partial charge is 0.307 e. The zero-order chi connectivity index (χ0) is 14.0. The lowest BCUT2D eigenvalue weighted by atomic mass is 10.2. The van der Waals surface area contributed by atoms with Crippen LogP contribution in [0.15, 0.2) is 29.2 Å². The van der Waals surface area contributed by atoms with E-state index in [1.807, 2.05) is 24.3 Å². The summed E-state index contributed by atoms with van der Waals surface area (Å²) in [6.45, 7) is 4.18. The van der Waals surface area contributed by atoms with Crippen molar-refractivity contribution in [3.8, 4) is 0 Å². The summed E-state index contributed by atoms with van der Waals surface area (Å²) in [6, 6.07) is 7.60. The van der Waals surface area contributed by atoms with Gasteiger partial charge in [0, 0.05) is 10.1 Å². The lowest BCUT2D eigenvalue weighted by Crippen LogP contribution is -2.17. The second kappa shape index (κ2) is 5.65. The molecule has 2 atom stereocenters. The Morgan fingerprint density at radius 3 is 2.58 bits per heavy atom. The molecule has 0 saturated heterocycles. The van der Waals surface area contributed by atoms with E-state index in [0.717, 1.165) is 10.6 Å². The summed E-state index contributed by atoms with van der Waals surface area (Å²) in [5, 5.41) is 12.1. The summed E-state index contributed by atoms with van der Waals surface area (Å²) >= 11 is 1.68. The van der Waals surface area contributed by atoms with Gasteiger partial charge in [-0.25, -0.2) is 0 Å². The number of carboxylic acids is 1. The van der Waals surface area contributed by atoms with Crippen molar-refractivity contribution < 1.29 is 14.7 Å². The number of hydrogen-bond donors (Lipinski definition) is 2. The standard InChI is InChI=1S/C14H17NO3S/c1-8(2)19-12-6-4-3-5-11(12)15-13(16)9-7-10(9)14(17)18/h3-6,8-10H,7H2,1-2H3,(H,15,16)(H,17,18). The van der Waals surface area contributed by atoms with E-state index in [-0.39, 0.29) is 11.8 Å². The van der Waals surface area contributed by atoms with Crippen molar-refractivity contribution in [3.05, 3.63) is 24.3 Å². The van der Waals surface area contributed by atoms with Crippen molar-refractivity contribution in [1.82, 2.24) is 0 Å². The average Bonchev–Trinajstić information content (AvgIpc) is 3.11. The zero-order valence-corrected chi connectivity index (χ0v) is 11.7. The van der Waals surface area contributed by atoms with Gasteiger partial charge in [-0.05, 0) is 18.6 Å². The molecular formula is C14H17NO3S. The maximum atomic E-state index is 11.9. The van der Waals surface area contributed by atoms with Gasteiger partial charge in [0.05, 0.1) is 17.5 Å². The minimum Gasteiger partial charge on any atom is -0.481 e. The Balaban J connectivity index is 2.03. The molecule has 0 radical (unpaired) electrons. The lowest BCUT2D eigenvalue weighted by molar-refractivity contribution is -0.139. The molecule has 0 heterocycles. The van der Waals surface area contributed by atoms with E-state index in [1.54, 1.807) is 11.8 Å². The molecule has 4 nitrogen and oxygen atoms in total. The van der Waals surface area contributed by atoms with E-state index in [0.29, 0.717) is 11.7 Å². The third-order valence-corrected chi connectivity index (χ3v) is 4.03. The summed E-state index contributed by atoms with van der Waals surface area (Å²) in [5.74, 6) is -1.96. The van der Waals surface area contributed by atoms with Crippen LogP contribution in [0.4, 0.5) is 5.69 Å². The van der Waals surface area contributed by atoms with Crippen LogP contribution >= 0.6 is 11.8 Å². The van der Waals surface area contributed by atoms with Gasteiger partial charge in [-0.2, -0.15) is 0 Å². The first-order valence-electron chi connectivity index (χ1n) is 6.28. The Morgan fingerprint density at radius 1 is 1.32 bits per heavy atom. The van der Waals surface area contributed by atoms with Gasteiger partial charge in [-0.1, -0.05) is 26.0 Å². The van der Waals surface area contributed by atoms with Crippen LogP contribution in [0, 0.1) is 11.8 Å². The van der Waals surface area contributed by atoms with Crippen LogP contribution in [0.5, 0.6) is 0 Å². The highest BCUT2D eigenvalue weighted by atomic mass is 32.2. The molecule has 19 heavy (non-hydrogen) atoms. The molecule has 1 aliphatic carbocycles. The Hall–Kier alpha value is -1.49. The first-order chi connectivity index (χ1) is 8.99. The summed E-state index contributed by atoms with van der Waals surface area (Å²) in [5.41, 5.74) is 0.766. The fourth-order valence-corrected chi connectivity index (χ4v) is 2.82. The molecule has 2 unspecified atom stereocenters. The summed E-state index contributed by atoms with van der Waals surface area (Å²) in [7, 11) is 0. The normalized spacial score (nSPS) is 21.2. The molecule has 1 aromatic carbocycles. The van der Waals surface area contributed by atoms with Crippen LogP contribution in [0.25, 0.3) is 0 Å². The SMILES string of the molecule is CC(C)Sc1ccccc1NC(=O)C1CC1C(=O)O. The molecule has 1 aliphatic rings. The maximum absolute atomic E-state index is 11.9. The fraction of sp³-hybridized carbons (Fsp3) is 0.429. The first kappa shape index (κ1) is 13.9. The number of thioether (sulfide) groups is 1.